The number of hydrogen-bond donors (Lipinski definition) is 0. The quantitative estimate of drug-likeness (QED) is 0.615. The molecule has 3 heterocycles. The van der Waals surface area contributed by atoms with Crippen molar-refractivity contribution >= 4 is 17.3 Å². The Labute approximate surface area is 196 Å². The van der Waals surface area contributed by atoms with Crippen molar-refractivity contribution in [2.45, 2.75) is 57.5 Å². The first-order valence-corrected chi connectivity index (χ1v) is 12.0. The SMILES string of the molecule is COC1(C)CCN(C2=C(C#N)C(=O)Cc3cnc(C(=O)CCC4CCN(C)CC4)cc32)CC1. The Kier molecular flexibility index (Phi) is 6.96. The summed E-state index contributed by atoms with van der Waals surface area (Å²) >= 11 is 0. The lowest BCUT2D eigenvalue weighted by Crippen LogP contribution is -2.43. The molecule has 0 bridgehead atoms. The van der Waals surface area contributed by atoms with Crippen molar-refractivity contribution < 1.29 is 14.3 Å². The number of ketones is 2. The number of likely N-dealkylation sites (tertiary alicyclic amines) is 2. The van der Waals surface area contributed by atoms with Gasteiger partial charge in [0, 0.05) is 44.8 Å². The molecule has 0 saturated carbocycles. The van der Waals surface area contributed by atoms with Crippen LogP contribution in [0, 0.1) is 17.2 Å². The average molecular weight is 451 g/mol. The van der Waals surface area contributed by atoms with Crippen LogP contribution in [0.2, 0.25) is 0 Å². The summed E-state index contributed by atoms with van der Waals surface area (Å²) in [6.45, 7) is 5.66. The smallest absolute Gasteiger partial charge is 0.181 e. The van der Waals surface area contributed by atoms with E-state index in [2.05, 4.69) is 34.8 Å². The van der Waals surface area contributed by atoms with Gasteiger partial charge in [-0.15, -0.1) is 0 Å². The minimum Gasteiger partial charge on any atom is -0.378 e. The molecule has 1 aromatic rings. The van der Waals surface area contributed by atoms with E-state index < -0.39 is 0 Å². The van der Waals surface area contributed by atoms with Gasteiger partial charge in [-0.2, -0.15) is 5.26 Å². The van der Waals surface area contributed by atoms with Crippen LogP contribution in [0.3, 0.4) is 0 Å². The van der Waals surface area contributed by atoms with Crippen LogP contribution in [-0.4, -0.2) is 72.3 Å². The number of carbonyl (C=O) groups excluding carboxylic acids is 2. The third kappa shape index (κ3) is 5.02. The molecule has 0 spiro atoms. The average Bonchev–Trinajstić information content (AvgIpc) is 2.83. The standard InChI is InChI=1S/C26H34N4O3/c1-26(33-3)8-12-30(13-9-26)25-20-15-22(28-17-19(20)14-24(32)21(25)16-27)23(31)5-4-18-6-10-29(2)11-7-18/h15,17-18H,4-14H2,1-3H3. The van der Waals surface area contributed by atoms with Gasteiger partial charge in [0.1, 0.15) is 17.3 Å². The topological polar surface area (TPSA) is 86.5 Å². The van der Waals surface area contributed by atoms with Crippen LogP contribution in [-0.2, 0) is 16.0 Å². The number of pyridine rings is 1. The van der Waals surface area contributed by atoms with Crippen molar-refractivity contribution in [3.63, 3.8) is 0 Å². The highest BCUT2D eigenvalue weighted by atomic mass is 16.5. The van der Waals surface area contributed by atoms with Gasteiger partial charge in [0.2, 0.25) is 0 Å². The number of fused-ring (bicyclic) bond motifs is 1. The minimum atomic E-state index is -0.196. The van der Waals surface area contributed by atoms with E-state index in [-0.39, 0.29) is 29.2 Å². The number of methoxy groups -OCH3 is 1. The Hall–Kier alpha value is -2.56. The van der Waals surface area contributed by atoms with E-state index >= 15 is 0 Å². The molecule has 0 radical (unpaired) electrons. The van der Waals surface area contributed by atoms with Gasteiger partial charge < -0.3 is 14.5 Å². The Morgan fingerprint density at radius 2 is 1.97 bits per heavy atom. The van der Waals surface area contributed by atoms with Gasteiger partial charge in [0.15, 0.2) is 11.6 Å². The number of rotatable bonds is 6. The van der Waals surface area contributed by atoms with Crippen LogP contribution in [0.4, 0.5) is 0 Å². The number of nitrogens with zero attached hydrogens (tertiary/aromatic N) is 4. The summed E-state index contributed by atoms with van der Waals surface area (Å²) < 4.78 is 5.66. The number of carbonyl (C=O) groups is 2. The van der Waals surface area contributed by atoms with Crippen molar-refractivity contribution in [2.75, 3.05) is 40.3 Å². The second kappa shape index (κ2) is 9.74. The Balaban J connectivity index is 1.55. The number of Topliss-reactive ketones (excluding diaryl/α,β-unsaturated/α-hetero) is 2. The maximum absolute atomic E-state index is 13.0. The summed E-state index contributed by atoms with van der Waals surface area (Å²) in [6.07, 6.45) is 7.08. The highest BCUT2D eigenvalue weighted by molar-refractivity contribution is 6.10. The van der Waals surface area contributed by atoms with Gasteiger partial charge >= 0.3 is 0 Å². The summed E-state index contributed by atoms with van der Waals surface area (Å²) in [5.74, 6) is 0.449. The van der Waals surface area contributed by atoms with E-state index in [0.717, 1.165) is 56.3 Å². The highest BCUT2D eigenvalue weighted by Gasteiger charge is 2.35. The van der Waals surface area contributed by atoms with Crippen molar-refractivity contribution in [1.82, 2.24) is 14.8 Å². The molecule has 0 unspecified atom stereocenters. The number of ether oxygens (including phenoxy) is 1. The van der Waals surface area contributed by atoms with Crippen molar-refractivity contribution in [1.29, 1.82) is 5.26 Å². The zero-order chi connectivity index (χ0) is 23.6. The molecule has 1 aromatic heterocycles. The Morgan fingerprint density at radius 3 is 2.61 bits per heavy atom. The van der Waals surface area contributed by atoms with E-state index in [1.807, 2.05) is 6.07 Å². The first kappa shape index (κ1) is 23.6. The van der Waals surface area contributed by atoms with Crippen LogP contribution in [0.25, 0.3) is 5.70 Å². The second-order valence-corrected chi connectivity index (χ2v) is 10.0. The third-order valence-corrected chi connectivity index (χ3v) is 7.75. The fourth-order valence-electron chi connectivity index (χ4n) is 5.19. The number of aromatic nitrogens is 1. The summed E-state index contributed by atoms with van der Waals surface area (Å²) in [7, 11) is 3.87. The minimum absolute atomic E-state index is 0.0390. The van der Waals surface area contributed by atoms with E-state index in [0.29, 0.717) is 36.8 Å². The van der Waals surface area contributed by atoms with Crippen LogP contribution in [0.15, 0.2) is 17.8 Å². The maximum Gasteiger partial charge on any atom is 0.181 e. The summed E-state index contributed by atoms with van der Waals surface area (Å²) in [6, 6.07) is 3.96. The molecule has 7 heteroatoms. The van der Waals surface area contributed by atoms with Crippen molar-refractivity contribution in [3.05, 3.63) is 34.7 Å². The predicted molar refractivity (Wildman–Crippen MR) is 125 cm³/mol. The lowest BCUT2D eigenvalue weighted by atomic mass is 9.86. The zero-order valence-corrected chi connectivity index (χ0v) is 20.0. The van der Waals surface area contributed by atoms with Crippen LogP contribution < -0.4 is 0 Å². The molecule has 0 atom stereocenters. The molecule has 3 aliphatic rings. The van der Waals surface area contributed by atoms with Crippen LogP contribution in [0.1, 0.15) is 67.1 Å². The van der Waals surface area contributed by atoms with E-state index in [1.165, 1.54) is 0 Å². The summed E-state index contributed by atoms with van der Waals surface area (Å²) in [5.41, 5.74) is 2.70. The molecule has 4 rings (SSSR count). The molecule has 33 heavy (non-hydrogen) atoms. The molecule has 7 nitrogen and oxygen atoms in total. The van der Waals surface area contributed by atoms with Crippen molar-refractivity contribution in [2.24, 2.45) is 5.92 Å². The van der Waals surface area contributed by atoms with Gasteiger partial charge in [-0.1, -0.05) is 0 Å². The van der Waals surface area contributed by atoms with Gasteiger partial charge in [0.25, 0.3) is 0 Å². The summed E-state index contributed by atoms with van der Waals surface area (Å²) in [5, 5.41) is 9.80. The molecule has 2 aliphatic heterocycles. The third-order valence-electron chi connectivity index (χ3n) is 7.75. The van der Waals surface area contributed by atoms with Gasteiger partial charge in [-0.25, -0.2) is 0 Å². The first-order valence-electron chi connectivity index (χ1n) is 12.0. The van der Waals surface area contributed by atoms with E-state index in [1.54, 1.807) is 13.3 Å². The van der Waals surface area contributed by atoms with Crippen molar-refractivity contribution in [3.8, 4) is 6.07 Å². The Bertz CT molecular complexity index is 993. The number of allylic oxidation sites excluding steroid dienone is 1. The fraction of sp³-hybridized carbons (Fsp3) is 0.615. The number of nitriles is 1. The normalized spacial score (nSPS) is 21.6. The predicted octanol–water partition coefficient (Wildman–Crippen LogP) is 3.25. The zero-order valence-electron chi connectivity index (χ0n) is 20.0. The lowest BCUT2D eigenvalue weighted by Gasteiger charge is -2.41. The summed E-state index contributed by atoms with van der Waals surface area (Å²) in [4.78, 5) is 34.6. The monoisotopic (exact) mass is 450 g/mol. The van der Waals surface area contributed by atoms with E-state index in [9.17, 15) is 14.9 Å². The van der Waals surface area contributed by atoms with Crippen LogP contribution in [0.5, 0.6) is 0 Å². The molecular formula is C26H34N4O3. The molecule has 176 valence electrons. The van der Waals surface area contributed by atoms with Gasteiger partial charge in [-0.05, 0) is 76.7 Å². The number of hydrogen-bond acceptors (Lipinski definition) is 7. The molecule has 2 fully saturated rings. The maximum atomic E-state index is 13.0. The molecular weight excluding hydrogens is 416 g/mol. The highest BCUT2D eigenvalue weighted by Crippen LogP contribution is 2.36. The number of piperidine rings is 2. The second-order valence-electron chi connectivity index (χ2n) is 10.0. The lowest BCUT2D eigenvalue weighted by molar-refractivity contribution is -0.114. The largest absolute Gasteiger partial charge is 0.378 e. The van der Waals surface area contributed by atoms with Gasteiger partial charge in [0.05, 0.1) is 11.3 Å². The molecule has 0 aromatic carbocycles. The molecule has 1 aliphatic carbocycles. The molecule has 2 saturated heterocycles. The molecule has 0 N–H and O–H groups in total. The van der Waals surface area contributed by atoms with Crippen LogP contribution >= 0.6 is 0 Å². The first-order chi connectivity index (χ1) is 15.8. The van der Waals surface area contributed by atoms with Gasteiger partial charge in [-0.3, -0.25) is 14.6 Å². The molecule has 0 amide bonds. The van der Waals surface area contributed by atoms with E-state index in [4.69, 9.17) is 4.74 Å². The fourth-order valence-corrected chi connectivity index (χ4v) is 5.19. The Morgan fingerprint density at radius 1 is 1.27 bits per heavy atom.